The van der Waals surface area contributed by atoms with E-state index in [9.17, 15) is 9.90 Å². The summed E-state index contributed by atoms with van der Waals surface area (Å²) in [5, 5.41) is 10.3. The third-order valence-electron chi connectivity index (χ3n) is 5.90. The number of hydrogen-bond acceptors (Lipinski definition) is 3. The van der Waals surface area contributed by atoms with Crippen LogP contribution in [0.3, 0.4) is 0 Å². The van der Waals surface area contributed by atoms with E-state index in [-0.39, 0.29) is 5.56 Å². The number of rotatable bonds is 7. The molecule has 0 atom stereocenters. The monoisotopic (exact) mass is 525 g/mol. The third-order valence-corrected chi connectivity index (χ3v) is 6.45. The topological polar surface area (TPSA) is 68.0 Å². The number of hydrogen-bond donors (Lipinski definition) is 1. The van der Waals surface area contributed by atoms with Gasteiger partial charge in [0.2, 0.25) is 0 Å². The molecule has 0 aliphatic heterocycles. The fourth-order valence-electron chi connectivity index (χ4n) is 3.96. The van der Waals surface area contributed by atoms with Crippen molar-refractivity contribution in [3.8, 4) is 22.4 Å². The summed E-state index contributed by atoms with van der Waals surface area (Å²) in [6, 6.07) is 24.3. The van der Waals surface area contributed by atoms with Gasteiger partial charge in [-0.15, -0.1) is 0 Å². The lowest BCUT2D eigenvalue weighted by Gasteiger charge is -2.06. The van der Waals surface area contributed by atoms with Crippen molar-refractivity contribution < 1.29 is 9.90 Å². The molecule has 0 bridgehead atoms. The van der Waals surface area contributed by atoms with Gasteiger partial charge in [0.05, 0.1) is 16.3 Å². The van der Waals surface area contributed by atoms with E-state index in [2.05, 4.69) is 17.1 Å². The van der Waals surface area contributed by atoms with E-state index in [0.717, 1.165) is 39.3 Å². The van der Waals surface area contributed by atoms with Crippen LogP contribution in [0.25, 0.3) is 34.5 Å². The number of pyridine rings is 1. The van der Waals surface area contributed by atoms with Gasteiger partial charge >= 0.3 is 5.97 Å². The second-order valence-corrected chi connectivity index (χ2v) is 9.28. The van der Waals surface area contributed by atoms with E-state index in [1.807, 2.05) is 71.6 Å². The molecule has 0 radical (unpaired) electrons. The van der Waals surface area contributed by atoms with Crippen molar-refractivity contribution in [1.82, 2.24) is 14.5 Å². The van der Waals surface area contributed by atoms with Gasteiger partial charge in [-0.3, -0.25) is 4.98 Å². The minimum absolute atomic E-state index is 0.248. The van der Waals surface area contributed by atoms with E-state index >= 15 is 0 Å². The molecule has 0 unspecified atom stereocenters. The Morgan fingerprint density at radius 3 is 2.38 bits per heavy atom. The molecule has 2 heterocycles. The fourth-order valence-corrected chi connectivity index (χ4v) is 4.46. The number of nitrogens with zero attached hydrogens (tertiary/aromatic N) is 3. The van der Waals surface area contributed by atoms with E-state index < -0.39 is 5.97 Å². The Bertz CT molecular complexity index is 1580. The maximum absolute atomic E-state index is 11.2. The first kappa shape index (κ1) is 24.5. The number of aromatic nitrogens is 3. The molecule has 0 aliphatic rings. The molecule has 37 heavy (non-hydrogen) atoms. The van der Waals surface area contributed by atoms with E-state index in [1.54, 1.807) is 30.5 Å². The maximum Gasteiger partial charge on any atom is 0.335 e. The highest BCUT2D eigenvalue weighted by molar-refractivity contribution is 6.36. The van der Waals surface area contributed by atoms with Crippen LogP contribution in [0.4, 0.5) is 0 Å². The summed E-state index contributed by atoms with van der Waals surface area (Å²) in [6.07, 6.45) is 9.50. The standard InChI is InChI=1S/C30H21Cl2N3O2/c31-25-12-13-26(27(32)16-25)28-19-35(18-21-5-10-23(11-6-21)30(36)37)29(34-28)14-7-20-3-8-22(9-4-20)24-2-1-15-33-17-24/h1-17,19H,18H2,(H,36,37)/b14-7+. The third kappa shape index (κ3) is 5.80. The van der Waals surface area contributed by atoms with Crippen LogP contribution in [0.2, 0.25) is 10.0 Å². The largest absolute Gasteiger partial charge is 0.478 e. The summed E-state index contributed by atoms with van der Waals surface area (Å²) in [7, 11) is 0. The molecule has 182 valence electrons. The lowest BCUT2D eigenvalue weighted by atomic mass is 10.1. The molecule has 0 saturated heterocycles. The van der Waals surface area contributed by atoms with Crippen molar-refractivity contribution in [3.05, 3.63) is 130 Å². The molecular formula is C30H21Cl2N3O2. The van der Waals surface area contributed by atoms with Gasteiger partial charge in [0.1, 0.15) is 5.82 Å². The van der Waals surface area contributed by atoms with Crippen molar-refractivity contribution >= 4 is 41.3 Å². The number of carbonyl (C=O) groups is 1. The van der Waals surface area contributed by atoms with Gasteiger partial charge in [-0.1, -0.05) is 71.7 Å². The molecule has 0 fully saturated rings. The zero-order chi connectivity index (χ0) is 25.8. The van der Waals surface area contributed by atoms with Crippen LogP contribution >= 0.6 is 23.2 Å². The van der Waals surface area contributed by atoms with Gasteiger partial charge in [0.25, 0.3) is 0 Å². The SMILES string of the molecule is O=C(O)c1ccc(Cn2cc(-c3ccc(Cl)cc3Cl)nc2/C=C/c2ccc(-c3cccnc3)cc2)cc1. The Labute approximate surface area is 224 Å². The summed E-state index contributed by atoms with van der Waals surface area (Å²) in [4.78, 5) is 20.2. The Morgan fingerprint density at radius 2 is 1.70 bits per heavy atom. The molecule has 5 rings (SSSR count). The zero-order valence-electron chi connectivity index (χ0n) is 19.6. The van der Waals surface area contributed by atoms with Gasteiger partial charge in [-0.25, -0.2) is 9.78 Å². The minimum Gasteiger partial charge on any atom is -0.478 e. The van der Waals surface area contributed by atoms with Crippen molar-refractivity contribution in [2.45, 2.75) is 6.54 Å². The summed E-state index contributed by atoms with van der Waals surface area (Å²) in [5.41, 5.74) is 5.88. The quantitative estimate of drug-likeness (QED) is 0.235. The summed E-state index contributed by atoms with van der Waals surface area (Å²) in [6.45, 7) is 0.512. The number of carboxylic acids is 1. The lowest BCUT2D eigenvalue weighted by molar-refractivity contribution is 0.0697. The average molecular weight is 526 g/mol. The molecule has 7 heteroatoms. The van der Waals surface area contributed by atoms with Crippen LogP contribution in [-0.4, -0.2) is 25.6 Å². The number of imidazole rings is 1. The van der Waals surface area contributed by atoms with Crippen LogP contribution in [0.5, 0.6) is 0 Å². The molecule has 5 aromatic rings. The van der Waals surface area contributed by atoms with Gasteiger partial charge in [0.15, 0.2) is 0 Å². The first-order valence-electron chi connectivity index (χ1n) is 11.5. The fraction of sp³-hybridized carbons (Fsp3) is 0.0333. The van der Waals surface area contributed by atoms with Crippen LogP contribution in [0.1, 0.15) is 27.3 Å². The number of benzene rings is 3. The molecular weight excluding hydrogens is 505 g/mol. The van der Waals surface area contributed by atoms with Crippen LogP contribution in [0, 0.1) is 0 Å². The predicted molar refractivity (Wildman–Crippen MR) is 149 cm³/mol. The highest BCUT2D eigenvalue weighted by atomic mass is 35.5. The van der Waals surface area contributed by atoms with Crippen molar-refractivity contribution in [2.75, 3.05) is 0 Å². The first-order chi connectivity index (χ1) is 18.0. The van der Waals surface area contributed by atoms with E-state index in [4.69, 9.17) is 28.2 Å². The van der Waals surface area contributed by atoms with Gasteiger partial charge in [-0.05, 0) is 64.7 Å². The highest BCUT2D eigenvalue weighted by Gasteiger charge is 2.12. The normalized spacial score (nSPS) is 11.2. The molecule has 0 aliphatic carbocycles. The smallest absolute Gasteiger partial charge is 0.335 e. The maximum atomic E-state index is 11.2. The number of aromatic carboxylic acids is 1. The van der Waals surface area contributed by atoms with Crippen LogP contribution in [-0.2, 0) is 6.54 Å². The van der Waals surface area contributed by atoms with E-state index in [0.29, 0.717) is 16.6 Å². The second-order valence-electron chi connectivity index (χ2n) is 8.44. The molecule has 5 nitrogen and oxygen atoms in total. The van der Waals surface area contributed by atoms with Crippen molar-refractivity contribution in [1.29, 1.82) is 0 Å². The molecule has 0 spiro atoms. The lowest BCUT2D eigenvalue weighted by Crippen LogP contribution is -2.02. The molecule has 1 N–H and O–H groups in total. The van der Waals surface area contributed by atoms with Crippen molar-refractivity contribution in [2.24, 2.45) is 0 Å². The predicted octanol–water partition coefficient (Wildman–Crippen LogP) is 7.84. The molecule has 0 amide bonds. The Balaban J connectivity index is 1.46. The average Bonchev–Trinajstić information content (AvgIpc) is 3.30. The van der Waals surface area contributed by atoms with Gasteiger partial charge in [0, 0.05) is 35.7 Å². The number of carboxylic acid groups (broad SMARTS) is 1. The van der Waals surface area contributed by atoms with Crippen LogP contribution in [0.15, 0.2) is 97.5 Å². The second kappa shape index (κ2) is 10.8. The summed E-state index contributed by atoms with van der Waals surface area (Å²) < 4.78 is 2.01. The number of halogens is 2. The Kier molecular flexibility index (Phi) is 7.17. The zero-order valence-corrected chi connectivity index (χ0v) is 21.1. The summed E-state index contributed by atoms with van der Waals surface area (Å²) in [5.74, 6) is -0.216. The van der Waals surface area contributed by atoms with Gasteiger partial charge in [-0.2, -0.15) is 0 Å². The molecule has 2 aromatic heterocycles. The van der Waals surface area contributed by atoms with Gasteiger partial charge < -0.3 is 9.67 Å². The first-order valence-corrected chi connectivity index (χ1v) is 12.3. The Hall–Kier alpha value is -4.19. The van der Waals surface area contributed by atoms with Crippen LogP contribution < -0.4 is 0 Å². The molecule has 3 aromatic carbocycles. The Morgan fingerprint density at radius 1 is 0.919 bits per heavy atom. The minimum atomic E-state index is -0.952. The van der Waals surface area contributed by atoms with Crippen molar-refractivity contribution in [3.63, 3.8) is 0 Å². The summed E-state index contributed by atoms with van der Waals surface area (Å²) >= 11 is 12.5. The van der Waals surface area contributed by atoms with E-state index in [1.165, 1.54) is 0 Å². The highest BCUT2D eigenvalue weighted by Crippen LogP contribution is 2.30. The molecule has 0 saturated carbocycles.